The van der Waals surface area contributed by atoms with E-state index >= 15 is 0 Å². The van der Waals surface area contributed by atoms with Crippen LogP contribution in [0.3, 0.4) is 0 Å². The molecule has 0 radical (unpaired) electrons. The number of hydrogen-bond acceptors (Lipinski definition) is 6. The van der Waals surface area contributed by atoms with Crippen LogP contribution in [0.5, 0.6) is 0 Å². The van der Waals surface area contributed by atoms with Crippen LogP contribution in [0.15, 0.2) is 24.7 Å². The van der Waals surface area contributed by atoms with E-state index < -0.39 is 11.4 Å². The van der Waals surface area contributed by atoms with Gasteiger partial charge in [0, 0.05) is 36.3 Å². The monoisotopic (exact) mass is 375 g/mol. The van der Waals surface area contributed by atoms with Crippen LogP contribution in [-0.2, 0) is 5.60 Å². The number of rotatable bonds is 4. The van der Waals surface area contributed by atoms with Crippen LogP contribution in [0.1, 0.15) is 33.5 Å². The highest BCUT2D eigenvalue weighted by molar-refractivity contribution is 6.34. The molecule has 0 aromatic carbocycles. The molecule has 2 N–H and O–H groups in total. The Morgan fingerprint density at radius 2 is 1.81 bits per heavy atom. The fourth-order valence-electron chi connectivity index (χ4n) is 2.46. The van der Waals surface area contributed by atoms with Crippen LogP contribution in [0.4, 0.5) is 10.1 Å². The summed E-state index contributed by atoms with van der Waals surface area (Å²) in [6.45, 7) is 7.09. The number of pyridine rings is 2. The van der Waals surface area contributed by atoms with Crippen molar-refractivity contribution in [1.82, 2.24) is 19.9 Å². The van der Waals surface area contributed by atoms with Gasteiger partial charge in [-0.15, -0.1) is 0 Å². The standard InChI is InChI=1S/C18H19ClFN5O/c1-9(2)24-15-11(19)8-21-13-5-12(20)14(25-16(13)15)10-6-22-17(23-7-10)18(3,4)26/h5-9,26H,1-4H3,(H,21,24). The van der Waals surface area contributed by atoms with Crippen LogP contribution >= 0.6 is 11.6 Å². The number of fused-ring (bicyclic) bond motifs is 1. The average molecular weight is 376 g/mol. The Balaban J connectivity index is 2.16. The molecule has 3 rings (SSSR count). The van der Waals surface area contributed by atoms with E-state index in [1.54, 1.807) is 13.8 Å². The average Bonchev–Trinajstić information content (AvgIpc) is 2.56. The quantitative estimate of drug-likeness (QED) is 0.718. The smallest absolute Gasteiger partial charge is 0.159 e. The van der Waals surface area contributed by atoms with Crippen LogP contribution in [0, 0.1) is 5.82 Å². The zero-order chi connectivity index (χ0) is 19.1. The summed E-state index contributed by atoms with van der Waals surface area (Å²) in [5.74, 6) is -0.295. The van der Waals surface area contributed by atoms with E-state index in [2.05, 4.69) is 25.3 Å². The minimum atomic E-state index is -1.18. The molecule has 6 nitrogen and oxygen atoms in total. The van der Waals surface area contributed by atoms with Crippen LogP contribution in [-0.4, -0.2) is 31.1 Å². The molecule has 136 valence electrons. The van der Waals surface area contributed by atoms with E-state index in [0.29, 0.717) is 27.3 Å². The fraction of sp³-hybridized carbons (Fsp3) is 0.333. The first-order valence-corrected chi connectivity index (χ1v) is 8.51. The van der Waals surface area contributed by atoms with Crippen molar-refractivity contribution in [2.24, 2.45) is 0 Å². The van der Waals surface area contributed by atoms with Crippen molar-refractivity contribution in [2.75, 3.05) is 5.32 Å². The summed E-state index contributed by atoms with van der Waals surface area (Å²) in [7, 11) is 0. The minimum absolute atomic E-state index is 0.0932. The second kappa shape index (κ2) is 6.74. The maximum atomic E-state index is 14.6. The third-order valence-corrected chi connectivity index (χ3v) is 3.94. The third-order valence-electron chi connectivity index (χ3n) is 3.65. The molecule has 0 atom stereocenters. The predicted molar refractivity (Wildman–Crippen MR) is 99.5 cm³/mol. The highest BCUT2D eigenvalue weighted by atomic mass is 35.5. The van der Waals surface area contributed by atoms with E-state index in [4.69, 9.17) is 11.6 Å². The molecule has 3 aromatic rings. The van der Waals surface area contributed by atoms with Gasteiger partial charge in [0.1, 0.15) is 16.8 Å². The van der Waals surface area contributed by atoms with Crippen molar-refractivity contribution in [3.8, 4) is 11.3 Å². The maximum Gasteiger partial charge on any atom is 0.159 e. The number of nitrogens with zero attached hydrogens (tertiary/aromatic N) is 4. The minimum Gasteiger partial charge on any atom is -0.382 e. The Hall–Kier alpha value is -2.38. The number of hydrogen-bond donors (Lipinski definition) is 2. The van der Waals surface area contributed by atoms with Crippen molar-refractivity contribution >= 4 is 28.3 Å². The van der Waals surface area contributed by atoms with Gasteiger partial charge in [-0.1, -0.05) is 11.6 Å². The molecule has 0 aliphatic carbocycles. The van der Waals surface area contributed by atoms with E-state index in [9.17, 15) is 9.50 Å². The number of anilines is 1. The molecule has 0 spiro atoms. The molecule has 3 heterocycles. The largest absolute Gasteiger partial charge is 0.382 e. The zero-order valence-electron chi connectivity index (χ0n) is 14.9. The lowest BCUT2D eigenvalue weighted by molar-refractivity contribution is 0.0687. The van der Waals surface area contributed by atoms with Crippen molar-refractivity contribution in [2.45, 2.75) is 39.3 Å². The van der Waals surface area contributed by atoms with Gasteiger partial charge in [-0.3, -0.25) is 4.98 Å². The van der Waals surface area contributed by atoms with Gasteiger partial charge in [0.25, 0.3) is 0 Å². The second-order valence-corrected chi connectivity index (χ2v) is 7.23. The Kier molecular flexibility index (Phi) is 4.77. The van der Waals surface area contributed by atoms with Gasteiger partial charge in [-0.25, -0.2) is 19.3 Å². The van der Waals surface area contributed by atoms with Crippen LogP contribution in [0.2, 0.25) is 5.02 Å². The lowest BCUT2D eigenvalue weighted by atomic mass is 10.1. The second-order valence-electron chi connectivity index (χ2n) is 6.82. The Labute approximate surface area is 155 Å². The molecule has 0 amide bonds. The highest BCUT2D eigenvalue weighted by Crippen LogP contribution is 2.32. The fourth-order valence-corrected chi connectivity index (χ4v) is 2.65. The number of nitrogens with one attached hydrogen (secondary N) is 1. The lowest BCUT2D eigenvalue weighted by Gasteiger charge is -2.16. The van der Waals surface area contributed by atoms with E-state index in [-0.39, 0.29) is 17.6 Å². The first kappa shape index (κ1) is 18.4. The molecule has 8 heteroatoms. The molecule has 0 saturated carbocycles. The van der Waals surface area contributed by atoms with Crippen molar-refractivity contribution in [3.63, 3.8) is 0 Å². The van der Waals surface area contributed by atoms with Gasteiger partial charge in [0.15, 0.2) is 11.6 Å². The van der Waals surface area contributed by atoms with Gasteiger partial charge < -0.3 is 10.4 Å². The molecule has 0 aliphatic rings. The topological polar surface area (TPSA) is 83.8 Å². The maximum absolute atomic E-state index is 14.6. The van der Waals surface area contributed by atoms with E-state index in [0.717, 1.165) is 0 Å². The zero-order valence-corrected chi connectivity index (χ0v) is 15.6. The van der Waals surface area contributed by atoms with Gasteiger partial charge in [-0.05, 0) is 27.7 Å². The first-order valence-electron chi connectivity index (χ1n) is 8.13. The summed E-state index contributed by atoms with van der Waals surface area (Å²) in [5, 5.41) is 13.6. The summed E-state index contributed by atoms with van der Waals surface area (Å²) in [5.41, 5.74) is 0.771. The summed E-state index contributed by atoms with van der Waals surface area (Å²) >= 11 is 6.25. The number of aliphatic hydroxyl groups is 1. The number of aromatic nitrogens is 4. The molecule has 0 saturated heterocycles. The van der Waals surface area contributed by atoms with Gasteiger partial charge in [0.2, 0.25) is 0 Å². The molecule has 0 unspecified atom stereocenters. The molecule has 0 bridgehead atoms. The Morgan fingerprint density at radius 3 is 2.38 bits per heavy atom. The summed E-state index contributed by atoms with van der Waals surface area (Å²) in [6.07, 6.45) is 4.34. The molecule has 0 fully saturated rings. The van der Waals surface area contributed by atoms with Gasteiger partial charge >= 0.3 is 0 Å². The molecule has 26 heavy (non-hydrogen) atoms. The Morgan fingerprint density at radius 1 is 1.15 bits per heavy atom. The SMILES string of the molecule is CC(C)Nc1c(Cl)cnc2cc(F)c(-c3cnc(C(C)(C)O)nc3)nc12. The summed E-state index contributed by atoms with van der Waals surface area (Å²) in [4.78, 5) is 16.8. The van der Waals surface area contributed by atoms with E-state index in [1.807, 2.05) is 13.8 Å². The van der Waals surface area contributed by atoms with Gasteiger partial charge in [0.05, 0.1) is 16.2 Å². The Bertz CT molecular complexity index is 954. The molecule has 0 aliphatic heterocycles. The van der Waals surface area contributed by atoms with E-state index in [1.165, 1.54) is 24.7 Å². The normalized spacial score (nSPS) is 12.0. The molecular weight excluding hydrogens is 357 g/mol. The van der Waals surface area contributed by atoms with Gasteiger partial charge in [-0.2, -0.15) is 0 Å². The van der Waals surface area contributed by atoms with Crippen LogP contribution < -0.4 is 5.32 Å². The first-order chi connectivity index (χ1) is 12.2. The van der Waals surface area contributed by atoms with Crippen molar-refractivity contribution < 1.29 is 9.50 Å². The highest BCUT2D eigenvalue weighted by Gasteiger charge is 2.20. The number of halogens is 2. The molecular formula is C18H19ClFN5O. The predicted octanol–water partition coefficient (Wildman–Crippen LogP) is 3.93. The van der Waals surface area contributed by atoms with Crippen molar-refractivity contribution in [1.29, 1.82) is 0 Å². The summed E-state index contributed by atoms with van der Waals surface area (Å²) < 4.78 is 14.6. The van der Waals surface area contributed by atoms with Crippen molar-refractivity contribution in [3.05, 3.63) is 41.3 Å². The third kappa shape index (κ3) is 3.59. The lowest BCUT2D eigenvalue weighted by Crippen LogP contribution is -2.19. The van der Waals surface area contributed by atoms with Crippen LogP contribution in [0.25, 0.3) is 22.3 Å². The molecule has 3 aromatic heterocycles. The summed E-state index contributed by atoms with van der Waals surface area (Å²) in [6, 6.07) is 1.42.